The average molecular weight is 742 g/mol. The molecule has 1 aliphatic rings. The van der Waals surface area contributed by atoms with Crippen LogP contribution in [-0.4, -0.2) is 20.9 Å². The first-order chi connectivity index (χ1) is 19.2. The van der Waals surface area contributed by atoms with Gasteiger partial charge in [0.05, 0.1) is 5.52 Å². The second kappa shape index (κ2) is 13.2. The van der Waals surface area contributed by atoms with Gasteiger partial charge < -0.3 is 5.11 Å². The first-order valence-corrected chi connectivity index (χ1v) is 14.9. The molecule has 4 aromatic rings. The number of aromatic nitrogens is 2. The molecule has 225 valence electrons. The summed E-state index contributed by atoms with van der Waals surface area (Å²) in [5.41, 5.74) is 6.68. The van der Waals surface area contributed by atoms with Gasteiger partial charge in [0.15, 0.2) is 5.78 Å². The number of hydrogen-bond acceptors (Lipinski definition) is 4. The quantitative estimate of drug-likeness (QED) is 0.0984. The third kappa shape index (κ3) is 7.54. The number of rotatable bonds is 3. The molecule has 1 aliphatic carbocycles. The maximum absolute atomic E-state index is 11.5. The van der Waals surface area contributed by atoms with Gasteiger partial charge in [0.25, 0.3) is 0 Å². The summed E-state index contributed by atoms with van der Waals surface area (Å²) in [6, 6.07) is 19.0. The minimum atomic E-state index is -0.417. The Morgan fingerprint density at radius 3 is 2.24 bits per heavy atom. The second-order valence-corrected chi connectivity index (χ2v) is 13.7. The van der Waals surface area contributed by atoms with Crippen molar-refractivity contribution >= 4 is 27.5 Å². The molecule has 0 bridgehead atoms. The number of carbonyl (C=O) groups excluding carboxylic acids is 1. The number of nitrogens with zero attached hydrogens (tertiary/aromatic N) is 2. The standard InChI is InChI=1S/C26H25N2.C11H20O2.Ir/c1-16(2)22-10-6-9-19-13-14-23-25(27-17(3)28-26(23)24(19)22)21-12-11-18-7-4-5-8-20(18)15-21;1-10(2,3)8(12)7-9(13)11(4,5)6;/h6,9-11,13-16H,4-5,7-8H2,1-3H3;7,12H,1-6H3;/q-1;;/b;8-7-;. The predicted octanol–water partition coefficient (Wildman–Crippen LogP) is 9.65. The Hall–Kier alpha value is -2.88. The van der Waals surface area contributed by atoms with Crippen molar-refractivity contribution in [3.63, 3.8) is 0 Å². The Morgan fingerprint density at radius 2 is 1.62 bits per heavy atom. The van der Waals surface area contributed by atoms with Crippen LogP contribution >= 0.6 is 0 Å². The largest absolute Gasteiger partial charge is 0.512 e. The van der Waals surface area contributed by atoms with Crippen molar-refractivity contribution in [3.8, 4) is 11.3 Å². The summed E-state index contributed by atoms with van der Waals surface area (Å²) in [5.74, 6) is 1.37. The van der Waals surface area contributed by atoms with E-state index in [9.17, 15) is 9.90 Å². The molecule has 1 heterocycles. The molecular weight excluding hydrogens is 697 g/mol. The third-order valence-corrected chi connectivity index (χ3v) is 7.78. The van der Waals surface area contributed by atoms with Gasteiger partial charge in [-0.3, -0.25) is 9.78 Å². The summed E-state index contributed by atoms with van der Waals surface area (Å²) < 4.78 is 0. The molecule has 0 amide bonds. The van der Waals surface area contributed by atoms with E-state index in [0.717, 1.165) is 28.0 Å². The molecule has 0 fully saturated rings. The van der Waals surface area contributed by atoms with Gasteiger partial charge in [0.1, 0.15) is 11.6 Å². The van der Waals surface area contributed by atoms with E-state index >= 15 is 0 Å². The SMILES string of the molecule is CC(C)(C)C(=O)/C=C(\O)C(C)(C)C.Cc1nc(-c2[c-]cc3c(c2)CCCC3)c2ccc3cccc(C(C)C)c3c2n1.[Ir]. The van der Waals surface area contributed by atoms with Crippen LogP contribution in [0.25, 0.3) is 32.9 Å². The average Bonchev–Trinajstić information content (AvgIpc) is 2.91. The normalized spacial score (nSPS) is 13.8. The van der Waals surface area contributed by atoms with Crippen LogP contribution in [0.2, 0.25) is 0 Å². The van der Waals surface area contributed by atoms with Crippen LogP contribution in [0.5, 0.6) is 0 Å². The molecule has 0 unspecified atom stereocenters. The smallest absolute Gasteiger partial charge is 0.164 e. The Balaban J connectivity index is 0.000000297. The molecule has 1 aromatic heterocycles. The van der Waals surface area contributed by atoms with Crippen molar-refractivity contribution < 1.29 is 30.0 Å². The monoisotopic (exact) mass is 742 g/mol. The van der Waals surface area contributed by atoms with Crippen molar-refractivity contribution in [1.82, 2.24) is 9.97 Å². The molecule has 4 nitrogen and oxygen atoms in total. The van der Waals surface area contributed by atoms with Crippen LogP contribution in [0.15, 0.2) is 54.3 Å². The molecule has 0 saturated carbocycles. The zero-order valence-corrected chi connectivity index (χ0v) is 29.0. The van der Waals surface area contributed by atoms with Crippen molar-refractivity contribution in [3.05, 3.63) is 82.9 Å². The van der Waals surface area contributed by atoms with E-state index in [-0.39, 0.29) is 37.1 Å². The molecule has 1 radical (unpaired) electrons. The fraction of sp³-hybridized carbons (Fsp3) is 0.432. The Kier molecular flexibility index (Phi) is 10.6. The van der Waals surface area contributed by atoms with E-state index in [4.69, 9.17) is 9.97 Å². The van der Waals surface area contributed by atoms with Gasteiger partial charge in [-0.15, -0.1) is 34.9 Å². The van der Waals surface area contributed by atoms with Crippen LogP contribution in [0.1, 0.15) is 96.7 Å². The molecular formula is C37H45IrN2O2-. The second-order valence-electron chi connectivity index (χ2n) is 13.7. The molecule has 0 saturated heterocycles. The molecule has 0 spiro atoms. The molecule has 0 aliphatic heterocycles. The maximum atomic E-state index is 11.5. The van der Waals surface area contributed by atoms with Crippen molar-refractivity contribution in [2.75, 3.05) is 0 Å². The molecule has 5 heteroatoms. The fourth-order valence-electron chi connectivity index (χ4n) is 5.15. The van der Waals surface area contributed by atoms with Gasteiger partial charge in [0, 0.05) is 42.4 Å². The number of fused-ring (bicyclic) bond motifs is 4. The van der Waals surface area contributed by atoms with Gasteiger partial charge >= 0.3 is 0 Å². The number of hydrogen-bond donors (Lipinski definition) is 1. The molecule has 42 heavy (non-hydrogen) atoms. The molecule has 1 N–H and O–H groups in total. The van der Waals surface area contributed by atoms with Gasteiger partial charge in [-0.1, -0.05) is 105 Å². The summed E-state index contributed by atoms with van der Waals surface area (Å²) >= 11 is 0. The summed E-state index contributed by atoms with van der Waals surface area (Å²) in [6.07, 6.45) is 6.25. The zero-order chi connectivity index (χ0) is 30.1. The summed E-state index contributed by atoms with van der Waals surface area (Å²) in [5, 5.41) is 13.2. The summed E-state index contributed by atoms with van der Waals surface area (Å²) in [4.78, 5) is 21.2. The van der Waals surface area contributed by atoms with E-state index in [2.05, 4.69) is 62.4 Å². The first kappa shape index (κ1) is 33.6. The van der Waals surface area contributed by atoms with Crippen LogP contribution in [0.4, 0.5) is 0 Å². The third-order valence-electron chi connectivity index (χ3n) is 7.78. The number of aryl methyl sites for hydroxylation is 3. The summed E-state index contributed by atoms with van der Waals surface area (Å²) in [7, 11) is 0. The minimum absolute atomic E-state index is 0. The van der Waals surface area contributed by atoms with Gasteiger partial charge in [-0.25, -0.2) is 4.98 Å². The maximum Gasteiger partial charge on any atom is 0.164 e. The zero-order valence-electron chi connectivity index (χ0n) is 26.6. The van der Waals surface area contributed by atoms with Crippen molar-refractivity contribution in [1.29, 1.82) is 0 Å². The van der Waals surface area contributed by atoms with E-state index < -0.39 is 5.41 Å². The number of aliphatic hydroxyl groups excluding tert-OH is 1. The van der Waals surface area contributed by atoms with Crippen molar-refractivity contribution in [2.45, 2.75) is 93.9 Å². The first-order valence-electron chi connectivity index (χ1n) is 14.9. The molecule has 0 atom stereocenters. The van der Waals surface area contributed by atoms with Gasteiger partial charge in [0.2, 0.25) is 0 Å². The fourth-order valence-corrected chi connectivity index (χ4v) is 5.15. The van der Waals surface area contributed by atoms with Crippen LogP contribution in [0.3, 0.4) is 0 Å². The van der Waals surface area contributed by atoms with Gasteiger partial charge in [-0.05, 0) is 41.3 Å². The summed E-state index contributed by atoms with van der Waals surface area (Å²) in [6.45, 7) is 17.6. The predicted molar refractivity (Wildman–Crippen MR) is 171 cm³/mol. The van der Waals surface area contributed by atoms with E-state index in [1.165, 1.54) is 59.2 Å². The Labute approximate surface area is 265 Å². The van der Waals surface area contributed by atoms with Gasteiger partial charge in [-0.2, -0.15) is 0 Å². The Morgan fingerprint density at radius 1 is 0.952 bits per heavy atom. The van der Waals surface area contributed by atoms with E-state index in [1.807, 2.05) is 48.5 Å². The van der Waals surface area contributed by atoms with E-state index in [0.29, 0.717) is 5.92 Å². The van der Waals surface area contributed by atoms with Crippen LogP contribution < -0.4 is 0 Å². The van der Waals surface area contributed by atoms with Crippen molar-refractivity contribution in [2.24, 2.45) is 10.8 Å². The number of aliphatic hydroxyl groups is 1. The Bertz CT molecular complexity index is 1620. The molecule has 3 aromatic carbocycles. The number of ketones is 1. The molecule has 5 rings (SSSR count). The van der Waals surface area contributed by atoms with Crippen LogP contribution in [0, 0.1) is 23.8 Å². The van der Waals surface area contributed by atoms with Crippen LogP contribution in [-0.2, 0) is 37.7 Å². The number of benzene rings is 3. The topological polar surface area (TPSA) is 63.1 Å². The number of allylic oxidation sites excluding steroid dienone is 2. The minimum Gasteiger partial charge on any atom is -0.512 e. The number of carbonyl (C=O) groups is 1. The van der Waals surface area contributed by atoms with E-state index in [1.54, 1.807) is 0 Å².